The van der Waals surface area contributed by atoms with Crippen molar-refractivity contribution in [3.8, 4) is 0 Å². The molecule has 0 rings (SSSR count). The van der Waals surface area contributed by atoms with Crippen LogP contribution in [0.25, 0.3) is 0 Å². The average Bonchev–Trinajstić information content (AvgIpc) is 2.65. The number of carbonyl (C=O) groups excluding carboxylic acids is 4. The number of aliphatic carboxylic acids is 1. The minimum Gasteiger partial charge on any atom is -0.480 e. The summed E-state index contributed by atoms with van der Waals surface area (Å²) in [4.78, 5) is 57.9. The van der Waals surface area contributed by atoms with Gasteiger partial charge in [0.25, 0.3) is 0 Å². The maximum atomic E-state index is 12.0. The molecule has 0 fully saturated rings. The first-order chi connectivity index (χ1) is 12.7. The standard InChI is InChI=1S/C13H23N5O6S3/c14-1-9(19)16-6(3-25)11(21)15-2-10(20)17-7(4-26)12(22)18-8(5-27)13(23)24/h6-8,25-27H,1-5,14H2,(H,15,21)(H,16,19)(H,17,20)(H,18,22)(H,23,24)/t6-,7-,8-/m0/s1. The predicted octanol–water partition coefficient (Wildman–Crippen LogP) is -3.61. The van der Waals surface area contributed by atoms with E-state index in [9.17, 15) is 24.0 Å². The Morgan fingerprint density at radius 3 is 1.70 bits per heavy atom. The molecule has 7 N–H and O–H groups in total. The summed E-state index contributed by atoms with van der Waals surface area (Å²) in [5.74, 6) is -4.20. The van der Waals surface area contributed by atoms with Crippen LogP contribution in [-0.2, 0) is 24.0 Å². The number of carbonyl (C=O) groups is 5. The SMILES string of the molecule is NCC(=O)N[C@@H](CS)C(=O)NCC(=O)N[C@@H](CS)C(=O)N[C@@H](CS)C(=O)O. The number of hydrogen-bond donors (Lipinski definition) is 9. The highest BCUT2D eigenvalue weighted by molar-refractivity contribution is 7.80. The van der Waals surface area contributed by atoms with Crippen molar-refractivity contribution in [2.45, 2.75) is 18.1 Å². The second-order valence-electron chi connectivity index (χ2n) is 5.11. The van der Waals surface area contributed by atoms with E-state index in [1.807, 2.05) is 0 Å². The Bertz CT molecular complexity index is 565. The zero-order valence-corrected chi connectivity index (χ0v) is 16.9. The second-order valence-corrected chi connectivity index (χ2v) is 6.20. The molecule has 0 bridgehead atoms. The number of nitrogens with two attached hydrogens (primary N) is 1. The third-order valence-electron chi connectivity index (χ3n) is 3.07. The van der Waals surface area contributed by atoms with Crippen LogP contribution in [0.3, 0.4) is 0 Å². The number of hydrogen-bond acceptors (Lipinski definition) is 9. The number of carboxylic acid groups (broad SMARTS) is 1. The molecule has 0 spiro atoms. The smallest absolute Gasteiger partial charge is 0.327 e. The molecule has 0 aromatic rings. The van der Waals surface area contributed by atoms with Crippen molar-refractivity contribution in [2.24, 2.45) is 5.73 Å². The maximum Gasteiger partial charge on any atom is 0.327 e. The van der Waals surface area contributed by atoms with Crippen LogP contribution < -0.4 is 27.0 Å². The van der Waals surface area contributed by atoms with Crippen molar-refractivity contribution < 1.29 is 29.1 Å². The molecular formula is C13H23N5O6S3. The van der Waals surface area contributed by atoms with Gasteiger partial charge in [-0.05, 0) is 0 Å². The van der Waals surface area contributed by atoms with E-state index >= 15 is 0 Å². The topological polar surface area (TPSA) is 180 Å². The molecule has 0 heterocycles. The van der Waals surface area contributed by atoms with Gasteiger partial charge in [-0.25, -0.2) is 4.79 Å². The molecule has 3 atom stereocenters. The molecule has 0 aromatic carbocycles. The molecular weight excluding hydrogens is 418 g/mol. The zero-order valence-electron chi connectivity index (χ0n) is 14.2. The molecule has 0 radical (unpaired) electrons. The first kappa shape index (κ1) is 25.4. The van der Waals surface area contributed by atoms with Crippen molar-refractivity contribution in [3.63, 3.8) is 0 Å². The zero-order chi connectivity index (χ0) is 21.0. The van der Waals surface area contributed by atoms with Gasteiger partial charge in [0.15, 0.2) is 0 Å². The molecule has 0 unspecified atom stereocenters. The van der Waals surface area contributed by atoms with Gasteiger partial charge in [-0.15, -0.1) is 0 Å². The van der Waals surface area contributed by atoms with Gasteiger partial charge in [-0.2, -0.15) is 37.9 Å². The highest BCUT2D eigenvalue weighted by Crippen LogP contribution is 1.94. The van der Waals surface area contributed by atoms with Crippen LogP contribution in [0.15, 0.2) is 0 Å². The van der Waals surface area contributed by atoms with Crippen LogP contribution >= 0.6 is 37.9 Å². The molecule has 0 saturated carbocycles. The Hall–Kier alpha value is -1.64. The quantitative estimate of drug-likeness (QED) is 0.140. The Balaban J connectivity index is 4.59. The van der Waals surface area contributed by atoms with E-state index in [4.69, 9.17) is 10.8 Å². The van der Waals surface area contributed by atoms with Crippen LogP contribution in [0.5, 0.6) is 0 Å². The van der Waals surface area contributed by atoms with Crippen molar-refractivity contribution in [1.82, 2.24) is 21.3 Å². The van der Waals surface area contributed by atoms with Gasteiger partial charge in [0.2, 0.25) is 23.6 Å². The second kappa shape index (κ2) is 13.5. The highest BCUT2D eigenvalue weighted by atomic mass is 32.1. The minimum absolute atomic E-state index is 0.0127. The van der Waals surface area contributed by atoms with E-state index < -0.39 is 54.3 Å². The van der Waals surface area contributed by atoms with Crippen LogP contribution in [0.4, 0.5) is 0 Å². The summed E-state index contributed by atoms with van der Waals surface area (Å²) in [6, 6.07) is -3.31. The predicted molar refractivity (Wildman–Crippen MR) is 107 cm³/mol. The lowest BCUT2D eigenvalue weighted by Crippen LogP contribution is -2.55. The summed E-state index contributed by atoms with van der Waals surface area (Å²) in [6.45, 7) is -0.783. The summed E-state index contributed by atoms with van der Waals surface area (Å²) in [5.41, 5.74) is 5.14. The largest absolute Gasteiger partial charge is 0.480 e. The van der Waals surface area contributed by atoms with E-state index in [1.165, 1.54) is 0 Å². The lowest BCUT2D eigenvalue weighted by atomic mass is 10.2. The fourth-order valence-corrected chi connectivity index (χ4v) is 2.40. The Labute approximate surface area is 172 Å². The number of carboxylic acids is 1. The van der Waals surface area contributed by atoms with E-state index in [-0.39, 0.29) is 23.8 Å². The molecule has 4 amide bonds. The van der Waals surface area contributed by atoms with Crippen LogP contribution in [0.1, 0.15) is 0 Å². The monoisotopic (exact) mass is 441 g/mol. The van der Waals surface area contributed by atoms with Crippen molar-refractivity contribution in [3.05, 3.63) is 0 Å². The van der Waals surface area contributed by atoms with Gasteiger partial charge in [-0.1, -0.05) is 0 Å². The molecule has 0 saturated heterocycles. The molecule has 0 aliphatic rings. The first-order valence-electron chi connectivity index (χ1n) is 7.62. The van der Waals surface area contributed by atoms with Gasteiger partial charge >= 0.3 is 5.97 Å². The molecule has 0 aliphatic heterocycles. The van der Waals surface area contributed by atoms with Crippen molar-refractivity contribution >= 4 is 67.5 Å². The number of nitrogens with one attached hydrogen (secondary N) is 4. The molecule has 154 valence electrons. The maximum absolute atomic E-state index is 12.0. The number of rotatable bonds is 12. The van der Waals surface area contributed by atoms with E-state index in [0.717, 1.165) is 0 Å². The van der Waals surface area contributed by atoms with Crippen molar-refractivity contribution in [1.29, 1.82) is 0 Å². The molecule has 11 nitrogen and oxygen atoms in total. The Kier molecular flexibility index (Phi) is 12.7. The van der Waals surface area contributed by atoms with Crippen LogP contribution in [0.2, 0.25) is 0 Å². The minimum atomic E-state index is -1.27. The van der Waals surface area contributed by atoms with Gasteiger partial charge in [0.1, 0.15) is 18.1 Å². The Morgan fingerprint density at radius 1 is 0.778 bits per heavy atom. The van der Waals surface area contributed by atoms with Gasteiger partial charge < -0.3 is 32.1 Å². The third kappa shape index (κ3) is 9.74. The van der Waals surface area contributed by atoms with E-state index in [0.29, 0.717) is 0 Å². The summed E-state index contributed by atoms with van der Waals surface area (Å²) in [6.07, 6.45) is 0. The van der Waals surface area contributed by atoms with Crippen LogP contribution in [0, 0.1) is 0 Å². The summed E-state index contributed by atoms with van der Waals surface area (Å²) in [7, 11) is 0. The third-order valence-corrected chi connectivity index (χ3v) is 4.17. The first-order valence-corrected chi connectivity index (χ1v) is 9.52. The molecule has 0 aliphatic carbocycles. The summed E-state index contributed by atoms with van der Waals surface area (Å²) in [5, 5.41) is 18.0. The summed E-state index contributed by atoms with van der Waals surface area (Å²) < 4.78 is 0. The van der Waals surface area contributed by atoms with Gasteiger partial charge in [0, 0.05) is 17.3 Å². The summed E-state index contributed by atoms with van der Waals surface area (Å²) >= 11 is 11.7. The fraction of sp³-hybridized carbons (Fsp3) is 0.615. The van der Waals surface area contributed by atoms with Crippen molar-refractivity contribution in [2.75, 3.05) is 30.3 Å². The highest BCUT2D eigenvalue weighted by Gasteiger charge is 2.25. The number of amides is 4. The molecule has 0 aromatic heterocycles. The average molecular weight is 442 g/mol. The fourth-order valence-electron chi connectivity index (χ4n) is 1.64. The van der Waals surface area contributed by atoms with E-state index in [1.54, 1.807) is 0 Å². The number of thiol groups is 3. The normalized spacial score (nSPS) is 13.6. The lowest BCUT2D eigenvalue weighted by molar-refractivity contribution is -0.141. The lowest BCUT2D eigenvalue weighted by Gasteiger charge is -2.20. The van der Waals surface area contributed by atoms with Gasteiger partial charge in [-0.3, -0.25) is 19.2 Å². The Morgan fingerprint density at radius 2 is 1.26 bits per heavy atom. The molecule has 14 heteroatoms. The molecule has 27 heavy (non-hydrogen) atoms. The van der Waals surface area contributed by atoms with Gasteiger partial charge in [0.05, 0.1) is 13.1 Å². The van der Waals surface area contributed by atoms with E-state index in [2.05, 4.69) is 59.2 Å². The van der Waals surface area contributed by atoms with Crippen LogP contribution in [-0.4, -0.2) is 83.2 Å².